The van der Waals surface area contributed by atoms with Crippen LogP contribution in [-0.2, 0) is 7.05 Å². The molecular weight excluding hydrogens is 240 g/mol. The molecule has 0 atom stereocenters. The summed E-state index contributed by atoms with van der Waals surface area (Å²) in [6.07, 6.45) is 0. The number of nitrogens with one attached hydrogen (secondary N) is 1. The molecule has 0 bridgehead atoms. The summed E-state index contributed by atoms with van der Waals surface area (Å²) in [7, 11) is 1.85. The molecule has 5 heteroatoms. The Morgan fingerprint density at radius 2 is 2.00 bits per heavy atom. The van der Waals surface area contributed by atoms with Crippen LogP contribution in [0.15, 0.2) is 24.3 Å². The van der Waals surface area contributed by atoms with E-state index in [2.05, 4.69) is 36.2 Å². The molecule has 0 radical (unpaired) electrons. The lowest BCUT2D eigenvalue weighted by molar-refractivity contribution is 0.415. The van der Waals surface area contributed by atoms with Crippen LogP contribution in [0.3, 0.4) is 0 Å². The minimum absolute atomic E-state index is 0.0330. The van der Waals surface area contributed by atoms with E-state index in [9.17, 15) is 0 Å². The van der Waals surface area contributed by atoms with Gasteiger partial charge in [0.2, 0.25) is 11.8 Å². The fourth-order valence-corrected chi connectivity index (χ4v) is 1.72. The lowest BCUT2D eigenvalue weighted by atomic mass is 10.1. The minimum Gasteiger partial charge on any atom is -0.421 e. The highest BCUT2D eigenvalue weighted by Crippen LogP contribution is 2.22. The van der Waals surface area contributed by atoms with E-state index in [0.29, 0.717) is 11.8 Å². The molecule has 0 spiro atoms. The van der Waals surface area contributed by atoms with Crippen LogP contribution in [0, 0.1) is 6.92 Å². The summed E-state index contributed by atoms with van der Waals surface area (Å²) in [4.78, 5) is 4.43. The predicted octanol–water partition coefficient (Wildman–Crippen LogP) is 3.13. The molecule has 0 aliphatic heterocycles. The fourth-order valence-electron chi connectivity index (χ4n) is 1.72. The Morgan fingerprint density at radius 3 is 2.58 bits per heavy atom. The van der Waals surface area contributed by atoms with Crippen LogP contribution in [0.1, 0.15) is 26.5 Å². The zero-order valence-corrected chi connectivity index (χ0v) is 12.1. The number of hydrogen-bond donors (Lipinski definition) is 1. The van der Waals surface area contributed by atoms with Gasteiger partial charge in [0.25, 0.3) is 0 Å². The third-order valence-electron chi connectivity index (χ3n) is 2.39. The average molecular weight is 260 g/mol. The molecular formula is C14H20N4O. The lowest BCUT2D eigenvalue weighted by Crippen LogP contribution is -2.26. The summed E-state index contributed by atoms with van der Waals surface area (Å²) in [6, 6.07) is 7.55. The average Bonchev–Trinajstić information content (AvgIpc) is 2.55. The van der Waals surface area contributed by atoms with Crippen molar-refractivity contribution in [1.82, 2.24) is 14.8 Å². The van der Waals surface area contributed by atoms with Gasteiger partial charge in [-0.2, -0.15) is 10.1 Å². The van der Waals surface area contributed by atoms with Crippen molar-refractivity contribution >= 4 is 5.82 Å². The van der Waals surface area contributed by atoms with Crippen molar-refractivity contribution in [2.45, 2.75) is 33.2 Å². The summed E-state index contributed by atoms with van der Waals surface area (Å²) < 4.78 is 7.43. The topological polar surface area (TPSA) is 52.0 Å². The van der Waals surface area contributed by atoms with Crippen LogP contribution in [0.5, 0.6) is 11.8 Å². The number of nitrogens with zero attached hydrogens (tertiary/aromatic N) is 3. The van der Waals surface area contributed by atoms with Crippen LogP contribution in [-0.4, -0.2) is 20.3 Å². The molecule has 5 nitrogen and oxygen atoms in total. The Balaban J connectivity index is 2.17. The van der Waals surface area contributed by atoms with E-state index in [-0.39, 0.29) is 5.54 Å². The zero-order chi connectivity index (χ0) is 14.0. The SMILES string of the molecule is Cc1cc(Oc2cccc(NC(C)(C)C)n2)n(C)n1. The van der Waals surface area contributed by atoms with Gasteiger partial charge >= 0.3 is 0 Å². The second-order valence-electron chi connectivity index (χ2n) is 5.59. The molecule has 0 amide bonds. The number of aromatic nitrogens is 3. The summed E-state index contributed by atoms with van der Waals surface area (Å²) in [6.45, 7) is 8.20. The molecule has 2 aromatic rings. The van der Waals surface area contributed by atoms with Crippen molar-refractivity contribution in [2.75, 3.05) is 5.32 Å². The quantitative estimate of drug-likeness (QED) is 0.921. The van der Waals surface area contributed by atoms with E-state index in [1.807, 2.05) is 38.2 Å². The standard InChI is InChI=1S/C14H20N4O/c1-10-9-13(18(5)17-10)19-12-8-6-7-11(15-12)16-14(2,3)4/h6-9H,1-5H3,(H,15,16). The van der Waals surface area contributed by atoms with Crippen LogP contribution < -0.4 is 10.1 Å². The van der Waals surface area contributed by atoms with Gasteiger partial charge < -0.3 is 10.1 Å². The summed E-state index contributed by atoms with van der Waals surface area (Å²) in [5.41, 5.74) is 0.885. The molecule has 0 saturated carbocycles. The van der Waals surface area contributed by atoms with Gasteiger partial charge in [0, 0.05) is 24.7 Å². The summed E-state index contributed by atoms with van der Waals surface area (Å²) >= 11 is 0. The van der Waals surface area contributed by atoms with Gasteiger partial charge in [-0.05, 0) is 33.8 Å². The highest BCUT2D eigenvalue weighted by atomic mass is 16.5. The Labute approximate surface area is 113 Å². The fraction of sp³-hybridized carbons (Fsp3) is 0.429. The van der Waals surface area contributed by atoms with Crippen molar-refractivity contribution in [3.8, 4) is 11.8 Å². The maximum absolute atomic E-state index is 5.73. The molecule has 2 rings (SSSR count). The number of hydrogen-bond acceptors (Lipinski definition) is 4. The molecule has 0 saturated heterocycles. The molecule has 0 aliphatic rings. The van der Waals surface area contributed by atoms with Crippen molar-refractivity contribution < 1.29 is 4.74 Å². The molecule has 1 N–H and O–H groups in total. The molecule has 2 aromatic heterocycles. The van der Waals surface area contributed by atoms with Gasteiger partial charge in [0.05, 0.1) is 5.69 Å². The molecule has 2 heterocycles. The molecule has 0 aromatic carbocycles. The molecule has 0 fully saturated rings. The van der Waals surface area contributed by atoms with E-state index in [1.54, 1.807) is 4.68 Å². The number of anilines is 1. The van der Waals surface area contributed by atoms with Gasteiger partial charge in [0.15, 0.2) is 0 Å². The largest absolute Gasteiger partial charge is 0.421 e. The number of aryl methyl sites for hydroxylation is 2. The first kappa shape index (κ1) is 13.4. The molecule has 19 heavy (non-hydrogen) atoms. The number of ether oxygens (including phenoxy) is 1. The first-order valence-electron chi connectivity index (χ1n) is 6.27. The van der Waals surface area contributed by atoms with Gasteiger partial charge in [-0.15, -0.1) is 0 Å². The van der Waals surface area contributed by atoms with Crippen LogP contribution in [0.4, 0.5) is 5.82 Å². The Morgan fingerprint density at radius 1 is 1.26 bits per heavy atom. The normalized spacial score (nSPS) is 11.4. The highest BCUT2D eigenvalue weighted by Gasteiger charge is 2.11. The monoisotopic (exact) mass is 260 g/mol. The Hall–Kier alpha value is -2.04. The van der Waals surface area contributed by atoms with Crippen molar-refractivity contribution in [2.24, 2.45) is 7.05 Å². The smallest absolute Gasteiger partial charge is 0.223 e. The number of rotatable bonds is 3. The first-order chi connectivity index (χ1) is 8.83. The van der Waals surface area contributed by atoms with Crippen molar-refractivity contribution in [3.63, 3.8) is 0 Å². The van der Waals surface area contributed by atoms with E-state index in [4.69, 9.17) is 4.74 Å². The summed E-state index contributed by atoms with van der Waals surface area (Å²) in [5.74, 6) is 2.03. The van der Waals surface area contributed by atoms with Crippen LogP contribution in [0.25, 0.3) is 0 Å². The Bertz CT molecular complexity index is 569. The number of pyridine rings is 1. The van der Waals surface area contributed by atoms with Crippen molar-refractivity contribution in [3.05, 3.63) is 30.0 Å². The third-order valence-corrected chi connectivity index (χ3v) is 2.39. The third kappa shape index (κ3) is 3.71. The second kappa shape index (κ2) is 4.91. The minimum atomic E-state index is -0.0330. The maximum atomic E-state index is 5.73. The van der Waals surface area contributed by atoms with Gasteiger partial charge in [-0.3, -0.25) is 0 Å². The maximum Gasteiger partial charge on any atom is 0.223 e. The lowest BCUT2D eigenvalue weighted by Gasteiger charge is -2.21. The predicted molar refractivity (Wildman–Crippen MR) is 75.6 cm³/mol. The Kier molecular flexibility index (Phi) is 3.46. The van der Waals surface area contributed by atoms with E-state index < -0.39 is 0 Å². The van der Waals surface area contributed by atoms with Crippen LogP contribution in [0.2, 0.25) is 0 Å². The van der Waals surface area contributed by atoms with Gasteiger partial charge in [-0.25, -0.2) is 4.68 Å². The van der Waals surface area contributed by atoms with Crippen molar-refractivity contribution in [1.29, 1.82) is 0 Å². The van der Waals surface area contributed by atoms with E-state index >= 15 is 0 Å². The zero-order valence-electron chi connectivity index (χ0n) is 12.1. The molecule has 102 valence electrons. The first-order valence-corrected chi connectivity index (χ1v) is 6.27. The molecule has 0 aliphatic carbocycles. The van der Waals surface area contributed by atoms with E-state index in [0.717, 1.165) is 11.5 Å². The van der Waals surface area contributed by atoms with Gasteiger partial charge in [0.1, 0.15) is 5.82 Å². The highest BCUT2D eigenvalue weighted by molar-refractivity contribution is 5.40. The van der Waals surface area contributed by atoms with Gasteiger partial charge in [-0.1, -0.05) is 6.07 Å². The molecule has 0 unspecified atom stereocenters. The van der Waals surface area contributed by atoms with Crippen LogP contribution >= 0.6 is 0 Å². The van der Waals surface area contributed by atoms with E-state index in [1.165, 1.54) is 0 Å². The second-order valence-corrected chi connectivity index (χ2v) is 5.59. The summed E-state index contributed by atoms with van der Waals surface area (Å²) in [5, 5.41) is 7.55.